The smallest absolute Gasteiger partial charge is 0.291 e. The minimum absolute atomic E-state index is 0.0821. The zero-order chi connectivity index (χ0) is 23.5. The fourth-order valence-corrected chi connectivity index (χ4v) is 3.47. The number of hydrogen-bond acceptors (Lipinski definition) is 4. The van der Waals surface area contributed by atoms with Gasteiger partial charge in [0.15, 0.2) is 17.3 Å². The molecule has 0 aliphatic carbocycles. The highest BCUT2D eigenvalue weighted by molar-refractivity contribution is 6.02. The number of nitrogens with one attached hydrogen (secondary N) is 1. The summed E-state index contributed by atoms with van der Waals surface area (Å²) in [5.74, 6) is -1.63. The number of furan rings is 1. The van der Waals surface area contributed by atoms with Crippen molar-refractivity contribution < 1.29 is 22.7 Å². The zero-order valence-electron chi connectivity index (χ0n) is 18.5. The quantitative estimate of drug-likeness (QED) is 0.400. The number of halogens is 2. The predicted octanol–water partition coefficient (Wildman–Crippen LogP) is 5.56. The van der Waals surface area contributed by atoms with Crippen molar-refractivity contribution in [1.82, 2.24) is 9.78 Å². The first-order chi connectivity index (χ1) is 15.8. The van der Waals surface area contributed by atoms with Crippen LogP contribution in [0.5, 0.6) is 5.75 Å². The van der Waals surface area contributed by atoms with Gasteiger partial charge in [0.25, 0.3) is 5.91 Å². The minimum atomic E-state index is -0.812. The molecule has 0 unspecified atom stereocenters. The first kappa shape index (κ1) is 22.3. The first-order valence-electron chi connectivity index (χ1n) is 10.4. The molecule has 0 saturated heterocycles. The Morgan fingerprint density at radius 3 is 2.64 bits per heavy atom. The molecule has 4 aromatic rings. The molecule has 33 heavy (non-hydrogen) atoms. The van der Waals surface area contributed by atoms with E-state index in [1.807, 2.05) is 49.7 Å². The number of nitrogens with zero attached hydrogens (tertiary/aromatic N) is 2. The number of hydrogen-bond donors (Lipinski definition) is 1. The Balaban J connectivity index is 1.43. The Morgan fingerprint density at radius 1 is 1.09 bits per heavy atom. The van der Waals surface area contributed by atoms with Gasteiger partial charge in [0.05, 0.1) is 23.6 Å². The summed E-state index contributed by atoms with van der Waals surface area (Å²) in [6.45, 7) is 6.26. The second kappa shape index (κ2) is 9.28. The average molecular weight is 451 g/mol. The summed E-state index contributed by atoms with van der Waals surface area (Å²) in [4.78, 5) is 12.7. The molecule has 2 heterocycles. The third-order valence-corrected chi connectivity index (χ3v) is 5.35. The second-order valence-electron chi connectivity index (χ2n) is 7.71. The van der Waals surface area contributed by atoms with E-state index >= 15 is 0 Å². The minimum Gasteiger partial charge on any atom is -0.483 e. The van der Waals surface area contributed by atoms with Crippen LogP contribution in [-0.4, -0.2) is 15.7 Å². The Morgan fingerprint density at radius 2 is 1.88 bits per heavy atom. The highest BCUT2D eigenvalue weighted by atomic mass is 19.1. The lowest BCUT2D eigenvalue weighted by molar-refractivity contribution is 0.0992. The Hall–Kier alpha value is -3.94. The zero-order valence-corrected chi connectivity index (χ0v) is 18.5. The predicted molar refractivity (Wildman–Crippen MR) is 119 cm³/mol. The molecule has 0 bridgehead atoms. The van der Waals surface area contributed by atoms with Gasteiger partial charge in [-0.1, -0.05) is 24.3 Å². The molecular weight excluding hydrogens is 428 g/mol. The summed E-state index contributed by atoms with van der Waals surface area (Å²) in [5.41, 5.74) is 4.45. The summed E-state index contributed by atoms with van der Waals surface area (Å²) in [7, 11) is 0. The third kappa shape index (κ3) is 4.95. The van der Waals surface area contributed by atoms with Crippen molar-refractivity contribution in [2.75, 3.05) is 5.32 Å². The van der Waals surface area contributed by atoms with Crippen LogP contribution in [0.25, 0.3) is 0 Å². The summed E-state index contributed by atoms with van der Waals surface area (Å²) < 4.78 is 39.4. The first-order valence-corrected chi connectivity index (χ1v) is 10.4. The van der Waals surface area contributed by atoms with Crippen LogP contribution in [0.3, 0.4) is 0 Å². The number of carbonyl (C=O) groups is 1. The number of aromatic nitrogens is 2. The fraction of sp³-hybridized carbons (Fsp3) is 0.200. The molecule has 1 amide bonds. The molecule has 8 heteroatoms. The van der Waals surface area contributed by atoms with E-state index in [0.29, 0.717) is 23.7 Å². The SMILES string of the molecule is Cc1ccccc1Cn1nc(C)c(NC(=O)c2ccc(COc3ccc(F)cc3F)o2)c1C. The van der Waals surface area contributed by atoms with Crippen molar-refractivity contribution >= 4 is 11.6 Å². The third-order valence-electron chi connectivity index (χ3n) is 5.35. The van der Waals surface area contributed by atoms with Gasteiger partial charge < -0.3 is 14.5 Å². The molecule has 1 N–H and O–H groups in total. The number of aryl methyl sites for hydroxylation is 2. The van der Waals surface area contributed by atoms with E-state index in [2.05, 4.69) is 10.4 Å². The number of carbonyl (C=O) groups excluding carboxylic acids is 1. The van der Waals surface area contributed by atoms with Crippen LogP contribution < -0.4 is 10.1 Å². The van der Waals surface area contributed by atoms with Crippen molar-refractivity contribution in [3.8, 4) is 5.75 Å². The van der Waals surface area contributed by atoms with Crippen LogP contribution in [0, 0.1) is 32.4 Å². The molecular formula is C25H23F2N3O3. The van der Waals surface area contributed by atoms with E-state index in [0.717, 1.165) is 23.4 Å². The summed E-state index contributed by atoms with van der Waals surface area (Å²) >= 11 is 0. The van der Waals surface area contributed by atoms with Gasteiger partial charge >= 0.3 is 0 Å². The monoisotopic (exact) mass is 451 g/mol. The van der Waals surface area contributed by atoms with Gasteiger partial charge in [0, 0.05) is 6.07 Å². The molecule has 4 rings (SSSR count). The van der Waals surface area contributed by atoms with Crippen molar-refractivity contribution in [2.45, 2.75) is 33.9 Å². The maximum absolute atomic E-state index is 13.7. The van der Waals surface area contributed by atoms with Gasteiger partial charge in [-0.3, -0.25) is 9.48 Å². The van der Waals surface area contributed by atoms with E-state index in [4.69, 9.17) is 9.15 Å². The van der Waals surface area contributed by atoms with E-state index < -0.39 is 17.5 Å². The topological polar surface area (TPSA) is 69.3 Å². The molecule has 0 saturated carbocycles. The van der Waals surface area contributed by atoms with Gasteiger partial charge in [-0.25, -0.2) is 8.78 Å². The van der Waals surface area contributed by atoms with Gasteiger partial charge in [-0.15, -0.1) is 0 Å². The van der Waals surface area contributed by atoms with Gasteiger partial charge in [-0.2, -0.15) is 5.10 Å². The van der Waals surface area contributed by atoms with Crippen molar-refractivity contribution in [3.05, 3.63) is 100 Å². The van der Waals surface area contributed by atoms with Crippen molar-refractivity contribution in [2.24, 2.45) is 0 Å². The maximum Gasteiger partial charge on any atom is 0.291 e. The molecule has 6 nitrogen and oxygen atoms in total. The van der Waals surface area contributed by atoms with Crippen LogP contribution in [-0.2, 0) is 13.2 Å². The second-order valence-corrected chi connectivity index (χ2v) is 7.71. The maximum atomic E-state index is 13.7. The number of anilines is 1. The normalized spacial score (nSPS) is 10.9. The molecule has 0 aliphatic heterocycles. The standard InChI is InChI=1S/C25H23F2N3O3/c1-15-6-4-5-7-18(15)13-30-17(3)24(16(2)29-30)28-25(31)23-11-9-20(33-23)14-32-22-10-8-19(26)12-21(22)27/h4-12H,13-14H2,1-3H3,(H,28,31). The van der Waals surface area contributed by atoms with Gasteiger partial charge in [0.2, 0.25) is 0 Å². The lowest BCUT2D eigenvalue weighted by Gasteiger charge is -2.08. The lowest BCUT2D eigenvalue weighted by atomic mass is 10.1. The summed E-state index contributed by atoms with van der Waals surface area (Å²) in [6, 6.07) is 14.2. The number of ether oxygens (including phenoxy) is 1. The Labute approximate surface area is 189 Å². The van der Waals surface area contributed by atoms with Crippen LogP contribution in [0.15, 0.2) is 59.0 Å². The number of benzene rings is 2. The summed E-state index contributed by atoms with van der Waals surface area (Å²) in [5, 5.41) is 7.42. The van der Waals surface area contributed by atoms with Crippen LogP contribution >= 0.6 is 0 Å². The molecule has 2 aromatic carbocycles. The molecule has 0 spiro atoms. The van der Waals surface area contributed by atoms with E-state index in [1.165, 1.54) is 17.7 Å². The van der Waals surface area contributed by atoms with Crippen LogP contribution in [0.4, 0.5) is 14.5 Å². The average Bonchev–Trinajstić information content (AvgIpc) is 3.35. The summed E-state index contributed by atoms with van der Waals surface area (Å²) in [6.07, 6.45) is 0. The molecule has 0 aliphatic rings. The fourth-order valence-electron chi connectivity index (χ4n) is 3.47. The van der Waals surface area contributed by atoms with Crippen molar-refractivity contribution in [3.63, 3.8) is 0 Å². The van der Waals surface area contributed by atoms with E-state index in [1.54, 1.807) is 6.07 Å². The molecule has 2 aromatic heterocycles. The van der Waals surface area contributed by atoms with Crippen LogP contribution in [0.1, 0.15) is 38.8 Å². The highest BCUT2D eigenvalue weighted by Gasteiger charge is 2.18. The Bertz CT molecular complexity index is 1310. The Kier molecular flexibility index (Phi) is 6.26. The molecule has 0 atom stereocenters. The van der Waals surface area contributed by atoms with Crippen molar-refractivity contribution in [1.29, 1.82) is 0 Å². The molecule has 170 valence electrons. The largest absolute Gasteiger partial charge is 0.483 e. The highest BCUT2D eigenvalue weighted by Crippen LogP contribution is 2.23. The molecule has 0 fully saturated rings. The van der Waals surface area contributed by atoms with Gasteiger partial charge in [-0.05, 0) is 56.2 Å². The van der Waals surface area contributed by atoms with Crippen LogP contribution in [0.2, 0.25) is 0 Å². The molecule has 0 radical (unpaired) electrons. The van der Waals surface area contributed by atoms with Gasteiger partial charge in [0.1, 0.15) is 18.2 Å². The number of rotatable bonds is 7. The number of amides is 1. The van der Waals surface area contributed by atoms with E-state index in [9.17, 15) is 13.6 Å². The lowest BCUT2D eigenvalue weighted by Crippen LogP contribution is -2.12. The van der Waals surface area contributed by atoms with E-state index in [-0.39, 0.29) is 18.1 Å².